The molecule has 0 aliphatic carbocycles. The molecule has 164 valence electrons. The number of nitrogens with one attached hydrogen (secondary N) is 1. The third kappa shape index (κ3) is 2.48. The van der Waals surface area contributed by atoms with Crippen LogP contribution in [-0.4, -0.2) is 18.9 Å². The zero-order valence-electron chi connectivity index (χ0n) is 18.8. The van der Waals surface area contributed by atoms with E-state index in [0.717, 1.165) is 44.6 Å². The summed E-state index contributed by atoms with van der Waals surface area (Å²) in [6.45, 7) is 0. The van der Waals surface area contributed by atoms with Gasteiger partial charge in [-0.1, -0.05) is 72.8 Å². The minimum absolute atomic E-state index is 0.922. The lowest BCUT2D eigenvalue weighted by molar-refractivity contribution is 1.11. The Morgan fingerprint density at radius 3 is 2.23 bits per heavy atom. The Hall–Kier alpha value is -4.83. The zero-order chi connectivity index (χ0) is 22.9. The first kappa shape index (κ1) is 18.6. The van der Waals surface area contributed by atoms with Gasteiger partial charge in [-0.25, -0.2) is 4.98 Å². The fourth-order valence-electron chi connectivity index (χ4n) is 5.61. The van der Waals surface area contributed by atoms with Gasteiger partial charge in [0.2, 0.25) is 5.78 Å². The predicted molar refractivity (Wildman–Crippen MR) is 144 cm³/mol. The van der Waals surface area contributed by atoms with Crippen molar-refractivity contribution >= 4 is 49.7 Å². The van der Waals surface area contributed by atoms with E-state index in [4.69, 9.17) is 4.98 Å². The molecule has 4 nitrogen and oxygen atoms in total. The minimum Gasteiger partial charge on any atom is -0.354 e. The van der Waals surface area contributed by atoms with Crippen molar-refractivity contribution in [3.63, 3.8) is 0 Å². The van der Waals surface area contributed by atoms with Crippen LogP contribution in [0.3, 0.4) is 0 Å². The molecule has 5 aromatic carbocycles. The first-order chi connectivity index (χ1) is 17.4. The lowest BCUT2D eigenvalue weighted by Gasteiger charge is -2.09. The summed E-state index contributed by atoms with van der Waals surface area (Å²) in [5, 5.41) is 2.49. The Morgan fingerprint density at radius 1 is 0.571 bits per heavy atom. The van der Waals surface area contributed by atoms with Crippen molar-refractivity contribution in [1.82, 2.24) is 18.9 Å². The number of para-hydroxylation sites is 5. The Bertz CT molecular complexity index is 2050. The third-order valence-electron chi connectivity index (χ3n) is 7.06. The SMILES string of the molecule is c1ccc(-n2c3cccc(-c4cccc5[nH]c6ccccc6c45)c3n3c4ccccc4nc23)cc1. The van der Waals surface area contributed by atoms with Crippen LogP contribution in [0.25, 0.3) is 66.5 Å². The van der Waals surface area contributed by atoms with Gasteiger partial charge in [0.25, 0.3) is 0 Å². The third-order valence-corrected chi connectivity index (χ3v) is 7.06. The van der Waals surface area contributed by atoms with Crippen LogP contribution in [0.15, 0.2) is 115 Å². The van der Waals surface area contributed by atoms with Gasteiger partial charge in [0.1, 0.15) is 0 Å². The predicted octanol–water partition coefficient (Wildman–Crippen LogP) is 7.73. The highest BCUT2D eigenvalue weighted by Gasteiger charge is 2.21. The van der Waals surface area contributed by atoms with Crippen molar-refractivity contribution in [2.45, 2.75) is 0 Å². The molecule has 0 radical (unpaired) electrons. The molecule has 35 heavy (non-hydrogen) atoms. The van der Waals surface area contributed by atoms with Crippen LogP contribution in [0.1, 0.15) is 0 Å². The molecule has 0 atom stereocenters. The van der Waals surface area contributed by atoms with E-state index in [-0.39, 0.29) is 0 Å². The number of aromatic amines is 1. The van der Waals surface area contributed by atoms with Gasteiger partial charge in [-0.15, -0.1) is 0 Å². The standard InChI is InChI=1S/C31H20N4/c1-2-10-20(11-3-1)34-28-19-9-14-22(30(28)35-27-18-7-6-16-25(27)33-31(34)35)21-13-8-17-26-29(21)23-12-4-5-15-24(23)32-26/h1-19,32H. The van der Waals surface area contributed by atoms with Gasteiger partial charge in [0, 0.05) is 33.1 Å². The summed E-state index contributed by atoms with van der Waals surface area (Å²) < 4.78 is 4.59. The summed E-state index contributed by atoms with van der Waals surface area (Å²) in [5.41, 5.74) is 10.2. The van der Waals surface area contributed by atoms with Gasteiger partial charge in [0.15, 0.2) is 0 Å². The Labute approximate surface area is 200 Å². The summed E-state index contributed by atoms with van der Waals surface area (Å²) in [6, 6.07) is 40.6. The average Bonchev–Trinajstić information content (AvgIpc) is 3.57. The van der Waals surface area contributed by atoms with E-state index >= 15 is 0 Å². The zero-order valence-corrected chi connectivity index (χ0v) is 18.8. The average molecular weight is 449 g/mol. The van der Waals surface area contributed by atoms with E-state index < -0.39 is 0 Å². The lowest BCUT2D eigenvalue weighted by atomic mass is 9.98. The Morgan fingerprint density at radius 2 is 1.29 bits per heavy atom. The van der Waals surface area contributed by atoms with Crippen LogP contribution in [-0.2, 0) is 0 Å². The lowest BCUT2D eigenvalue weighted by Crippen LogP contribution is -1.94. The summed E-state index contributed by atoms with van der Waals surface area (Å²) in [4.78, 5) is 8.69. The molecule has 8 rings (SSSR count). The molecule has 3 heterocycles. The monoisotopic (exact) mass is 448 g/mol. The number of benzene rings is 5. The van der Waals surface area contributed by atoms with Gasteiger partial charge in [-0.3, -0.25) is 8.97 Å². The van der Waals surface area contributed by atoms with Gasteiger partial charge >= 0.3 is 0 Å². The number of hydrogen-bond donors (Lipinski definition) is 1. The van der Waals surface area contributed by atoms with Crippen molar-refractivity contribution in [2.24, 2.45) is 0 Å². The summed E-state index contributed by atoms with van der Waals surface area (Å²) in [5.74, 6) is 0.922. The quantitative estimate of drug-likeness (QED) is 0.289. The maximum absolute atomic E-state index is 5.09. The highest BCUT2D eigenvalue weighted by atomic mass is 15.2. The van der Waals surface area contributed by atoms with Gasteiger partial charge in [-0.05, 0) is 48.0 Å². The van der Waals surface area contributed by atoms with Crippen LogP contribution in [0.4, 0.5) is 0 Å². The molecule has 1 N–H and O–H groups in total. The van der Waals surface area contributed by atoms with Crippen LogP contribution >= 0.6 is 0 Å². The number of aromatic nitrogens is 4. The van der Waals surface area contributed by atoms with Crippen molar-refractivity contribution in [3.8, 4) is 16.8 Å². The normalized spacial score (nSPS) is 12.0. The largest absolute Gasteiger partial charge is 0.354 e. The fourth-order valence-corrected chi connectivity index (χ4v) is 5.61. The first-order valence-corrected chi connectivity index (χ1v) is 11.8. The van der Waals surface area contributed by atoms with E-state index in [1.807, 2.05) is 0 Å². The number of hydrogen-bond acceptors (Lipinski definition) is 1. The first-order valence-electron chi connectivity index (χ1n) is 11.8. The number of rotatable bonds is 2. The van der Waals surface area contributed by atoms with Gasteiger partial charge in [0.05, 0.1) is 22.1 Å². The molecule has 0 aliphatic rings. The van der Waals surface area contributed by atoms with E-state index in [1.165, 1.54) is 21.9 Å². The highest BCUT2D eigenvalue weighted by molar-refractivity contribution is 6.16. The molecule has 0 spiro atoms. The second-order valence-electron chi connectivity index (χ2n) is 8.98. The second-order valence-corrected chi connectivity index (χ2v) is 8.98. The van der Waals surface area contributed by atoms with Crippen molar-refractivity contribution < 1.29 is 0 Å². The maximum Gasteiger partial charge on any atom is 0.220 e. The summed E-state index contributed by atoms with van der Waals surface area (Å²) in [7, 11) is 0. The van der Waals surface area contributed by atoms with Crippen LogP contribution in [0, 0.1) is 0 Å². The fraction of sp³-hybridized carbons (Fsp3) is 0. The van der Waals surface area contributed by atoms with E-state index in [0.29, 0.717) is 0 Å². The number of imidazole rings is 2. The Balaban J connectivity index is 1.60. The number of fused-ring (bicyclic) bond motifs is 8. The van der Waals surface area contributed by atoms with Crippen LogP contribution in [0.5, 0.6) is 0 Å². The molecule has 0 amide bonds. The smallest absolute Gasteiger partial charge is 0.220 e. The van der Waals surface area contributed by atoms with Crippen LogP contribution < -0.4 is 0 Å². The number of H-pyrrole nitrogens is 1. The van der Waals surface area contributed by atoms with E-state index in [2.05, 4.69) is 129 Å². The Kier molecular flexibility index (Phi) is 3.63. The van der Waals surface area contributed by atoms with Gasteiger partial charge in [-0.2, -0.15) is 0 Å². The molecule has 0 saturated heterocycles. The second kappa shape index (κ2) is 6.84. The van der Waals surface area contributed by atoms with E-state index in [1.54, 1.807) is 0 Å². The molecular weight excluding hydrogens is 428 g/mol. The molecule has 0 saturated carbocycles. The minimum atomic E-state index is 0.922. The molecule has 0 aliphatic heterocycles. The molecule has 3 aromatic heterocycles. The maximum atomic E-state index is 5.09. The highest BCUT2D eigenvalue weighted by Crippen LogP contribution is 2.40. The molecule has 0 bridgehead atoms. The topological polar surface area (TPSA) is 38.0 Å². The van der Waals surface area contributed by atoms with Gasteiger partial charge < -0.3 is 4.98 Å². The van der Waals surface area contributed by atoms with Crippen molar-refractivity contribution in [3.05, 3.63) is 115 Å². The van der Waals surface area contributed by atoms with Crippen LogP contribution in [0.2, 0.25) is 0 Å². The molecular formula is C31H20N4. The summed E-state index contributed by atoms with van der Waals surface area (Å²) in [6.07, 6.45) is 0. The molecule has 0 unspecified atom stereocenters. The number of nitrogens with zero attached hydrogens (tertiary/aromatic N) is 3. The molecule has 0 fully saturated rings. The summed E-state index contributed by atoms with van der Waals surface area (Å²) >= 11 is 0. The molecule has 4 heteroatoms. The van der Waals surface area contributed by atoms with Crippen molar-refractivity contribution in [1.29, 1.82) is 0 Å². The molecule has 8 aromatic rings. The van der Waals surface area contributed by atoms with Crippen molar-refractivity contribution in [2.75, 3.05) is 0 Å². The van der Waals surface area contributed by atoms with E-state index in [9.17, 15) is 0 Å².